The number of hydrogen-bond acceptors (Lipinski definition) is 2. The molecular weight excluding hydrogens is 232 g/mol. The highest BCUT2D eigenvalue weighted by Gasteiger charge is 2.29. The first-order valence-corrected chi connectivity index (χ1v) is 6.66. The summed E-state index contributed by atoms with van der Waals surface area (Å²) >= 11 is 5.97. The fourth-order valence-electron chi connectivity index (χ4n) is 2.92. The molecule has 2 atom stereocenters. The SMILES string of the molecule is Cc1cc(C2=CC3CNCC3CC2)cnc1Cl. The molecule has 0 amide bonds. The normalized spacial score (nSPS) is 27.8. The smallest absolute Gasteiger partial charge is 0.131 e. The van der Waals surface area contributed by atoms with E-state index in [1.165, 1.54) is 30.5 Å². The molecule has 1 aliphatic heterocycles. The zero-order valence-electron chi connectivity index (χ0n) is 10.0. The molecule has 1 aromatic heterocycles. The Morgan fingerprint density at radius 3 is 3.12 bits per heavy atom. The molecule has 3 heteroatoms. The number of nitrogens with one attached hydrogen (secondary N) is 1. The van der Waals surface area contributed by atoms with Gasteiger partial charge in [0.15, 0.2) is 0 Å². The maximum atomic E-state index is 5.97. The Morgan fingerprint density at radius 2 is 2.29 bits per heavy atom. The van der Waals surface area contributed by atoms with Crippen LogP contribution in [0.15, 0.2) is 18.3 Å². The minimum atomic E-state index is 0.616. The molecule has 17 heavy (non-hydrogen) atoms. The third-order valence-corrected chi connectivity index (χ3v) is 4.37. The van der Waals surface area contributed by atoms with Crippen molar-refractivity contribution in [2.45, 2.75) is 19.8 Å². The van der Waals surface area contributed by atoms with E-state index in [-0.39, 0.29) is 0 Å². The van der Waals surface area contributed by atoms with Crippen LogP contribution in [0.4, 0.5) is 0 Å². The Balaban J connectivity index is 1.91. The maximum Gasteiger partial charge on any atom is 0.131 e. The Labute approximate surface area is 107 Å². The molecule has 2 nitrogen and oxygen atoms in total. The summed E-state index contributed by atoms with van der Waals surface area (Å²) in [6.07, 6.45) is 6.82. The molecule has 1 aromatic rings. The predicted molar refractivity (Wildman–Crippen MR) is 71.0 cm³/mol. The van der Waals surface area contributed by atoms with Crippen molar-refractivity contribution < 1.29 is 0 Å². The van der Waals surface area contributed by atoms with Crippen LogP contribution in [0.1, 0.15) is 24.0 Å². The van der Waals surface area contributed by atoms with Crippen LogP contribution in [0.3, 0.4) is 0 Å². The third kappa shape index (κ3) is 2.12. The van der Waals surface area contributed by atoms with E-state index in [4.69, 9.17) is 11.6 Å². The summed E-state index contributed by atoms with van der Waals surface area (Å²) in [6.45, 7) is 4.34. The lowest BCUT2D eigenvalue weighted by Crippen LogP contribution is -2.15. The van der Waals surface area contributed by atoms with Crippen LogP contribution in [0, 0.1) is 18.8 Å². The summed E-state index contributed by atoms with van der Waals surface area (Å²) < 4.78 is 0. The van der Waals surface area contributed by atoms with E-state index in [0.29, 0.717) is 5.15 Å². The summed E-state index contributed by atoms with van der Waals surface area (Å²) in [5.74, 6) is 1.56. The van der Waals surface area contributed by atoms with Crippen molar-refractivity contribution in [1.82, 2.24) is 10.3 Å². The summed E-state index contributed by atoms with van der Waals surface area (Å²) in [6, 6.07) is 2.16. The van der Waals surface area contributed by atoms with Crippen LogP contribution in [-0.4, -0.2) is 18.1 Å². The number of allylic oxidation sites excluding steroid dienone is 1. The molecule has 3 rings (SSSR count). The van der Waals surface area contributed by atoms with Crippen LogP contribution in [0.2, 0.25) is 5.15 Å². The number of pyridine rings is 1. The average molecular weight is 249 g/mol. The monoisotopic (exact) mass is 248 g/mol. The van der Waals surface area contributed by atoms with Gasteiger partial charge in [0.1, 0.15) is 5.15 Å². The van der Waals surface area contributed by atoms with Gasteiger partial charge in [0.05, 0.1) is 0 Å². The Morgan fingerprint density at radius 1 is 1.41 bits per heavy atom. The van der Waals surface area contributed by atoms with Gasteiger partial charge in [-0.15, -0.1) is 0 Å². The Kier molecular flexibility index (Phi) is 2.93. The first kappa shape index (κ1) is 11.2. The van der Waals surface area contributed by atoms with Gasteiger partial charge in [-0.1, -0.05) is 17.7 Å². The highest BCUT2D eigenvalue weighted by atomic mass is 35.5. The molecule has 1 saturated heterocycles. The van der Waals surface area contributed by atoms with Gasteiger partial charge < -0.3 is 5.32 Å². The maximum absolute atomic E-state index is 5.97. The summed E-state index contributed by atoms with van der Waals surface area (Å²) in [4.78, 5) is 4.25. The van der Waals surface area contributed by atoms with E-state index in [1.54, 1.807) is 0 Å². The molecule has 2 aliphatic rings. The quantitative estimate of drug-likeness (QED) is 0.773. The molecule has 1 fully saturated rings. The van der Waals surface area contributed by atoms with Gasteiger partial charge in [-0.05, 0) is 60.9 Å². The highest BCUT2D eigenvalue weighted by molar-refractivity contribution is 6.30. The number of nitrogens with zero attached hydrogens (tertiary/aromatic N) is 1. The minimum Gasteiger partial charge on any atom is -0.316 e. The van der Waals surface area contributed by atoms with Crippen LogP contribution in [-0.2, 0) is 0 Å². The molecule has 2 unspecified atom stereocenters. The second kappa shape index (κ2) is 4.43. The fourth-order valence-corrected chi connectivity index (χ4v) is 3.02. The number of hydrogen-bond donors (Lipinski definition) is 1. The van der Waals surface area contributed by atoms with Gasteiger partial charge in [-0.3, -0.25) is 0 Å². The van der Waals surface area contributed by atoms with Gasteiger partial charge >= 0.3 is 0 Å². The highest BCUT2D eigenvalue weighted by Crippen LogP contribution is 2.35. The zero-order chi connectivity index (χ0) is 11.8. The Hall–Kier alpha value is -0.860. The molecule has 0 spiro atoms. The van der Waals surface area contributed by atoms with Crippen LogP contribution < -0.4 is 5.32 Å². The fraction of sp³-hybridized carbons (Fsp3) is 0.500. The van der Waals surface area contributed by atoms with Crippen molar-refractivity contribution in [3.8, 4) is 0 Å². The van der Waals surface area contributed by atoms with Crippen molar-refractivity contribution in [3.63, 3.8) is 0 Å². The van der Waals surface area contributed by atoms with E-state index in [1.807, 2.05) is 13.1 Å². The second-order valence-electron chi connectivity index (χ2n) is 5.14. The minimum absolute atomic E-state index is 0.616. The second-order valence-corrected chi connectivity index (χ2v) is 5.50. The van der Waals surface area contributed by atoms with Crippen molar-refractivity contribution in [1.29, 1.82) is 0 Å². The molecule has 90 valence electrons. The predicted octanol–water partition coefficient (Wildman–Crippen LogP) is 3.06. The van der Waals surface area contributed by atoms with Crippen molar-refractivity contribution >= 4 is 17.2 Å². The number of rotatable bonds is 1. The summed E-state index contributed by atoms with van der Waals surface area (Å²) in [5.41, 5.74) is 3.76. The first-order chi connectivity index (χ1) is 8.24. The van der Waals surface area contributed by atoms with Gasteiger partial charge in [0, 0.05) is 12.7 Å². The van der Waals surface area contributed by atoms with Gasteiger partial charge in [0.25, 0.3) is 0 Å². The number of aryl methyl sites for hydroxylation is 1. The van der Waals surface area contributed by atoms with Gasteiger partial charge in [0.2, 0.25) is 0 Å². The van der Waals surface area contributed by atoms with Crippen LogP contribution in [0.25, 0.3) is 5.57 Å². The topological polar surface area (TPSA) is 24.9 Å². The van der Waals surface area contributed by atoms with Crippen LogP contribution in [0.5, 0.6) is 0 Å². The Bertz CT molecular complexity index is 467. The number of halogens is 1. The van der Waals surface area contributed by atoms with Crippen molar-refractivity contribution in [2.75, 3.05) is 13.1 Å². The molecule has 1 aliphatic carbocycles. The van der Waals surface area contributed by atoms with E-state index in [2.05, 4.69) is 22.4 Å². The number of aromatic nitrogens is 1. The summed E-state index contributed by atoms with van der Waals surface area (Å²) in [5, 5.41) is 4.09. The lowest BCUT2D eigenvalue weighted by Gasteiger charge is -2.23. The molecule has 2 heterocycles. The first-order valence-electron chi connectivity index (χ1n) is 6.28. The molecule has 0 radical (unpaired) electrons. The van der Waals surface area contributed by atoms with E-state index >= 15 is 0 Å². The molecule has 0 bridgehead atoms. The molecule has 0 saturated carbocycles. The van der Waals surface area contributed by atoms with Gasteiger partial charge in [-0.2, -0.15) is 0 Å². The lowest BCUT2D eigenvalue weighted by molar-refractivity contribution is 0.448. The van der Waals surface area contributed by atoms with E-state index in [9.17, 15) is 0 Å². The van der Waals surface area contributed by atoms with E-state index in [0.717, 1.165) is 23.9 Å². The molecule has 0 aromatic carbocycles. The van der Waals surface area contributed by atoms with Crippen molar-refractivity contribution in [3.05, 3.63) is 34.6 Å². The lowest BCUT2D eigenvalue weighted by atomic mass is 9.81. The zero-order valence-corrected chi connectivity index (χ0v) is 10.8. The van der Waals surface area contributed by atoms with Crippen molar-refractivity contribution in [2.24, 2.45) is 11.8 Å². The molecule has 1 N–H and O–H groups in total. The third-order valence-electron chi connectivity index (χ3n) is 3.98. The molecular formula is C14H17ClN2. The number of fused-ring (bicyclic) bond motifs is 1. The standard InChI is InChI=1S/C14H17ClN2/c1-9-4-12(8-17-14(9)15)10-2-3-11-6-16-7-13(11)5-10/h4-5,8,11,13,16H,2-3,6-7H2,1H3. The summed E-state index contributed by atoms with van der Waals surface area (Å²) in [7, 11) is 0. The van der Waals surface area contributed by atoms with E-state index < -0.39 is 0 Å². The largest absolute Gasteiger partial charge is 0.316 e. The average Bonchev–Trinajstić information content (AvgIpc) is 2.79. The van der Waals surface area contributed by atoms with Gasteiger partial charge in [-0.25, -0.2) is 4.98 Å². The van der Waals surface area contributed by atoms with Crippen LogP contribution >= 0.6 is 11.6 Å².